The van der Waals surface area contributed by atoms with Gasteiger partial charge in [0.05, 0.1) is 47.7 Å². The summed E-state index contributed by atoms with van der Waals surface area (Å²) in [6, 6.07) is 8.32. The van der Waals surface area contributed by atoms with Crippen LogP contribution in [0.3, 0.4) is 0 Å². The zero-order valence-corrected chi connectivity index (χ0v) is 23.6. The van der Waals surface area contributed by atoms with E-state index < -0.39 is 42.3 Å². The number of nitrogens with one attached hydrogen (secondary N) is 1. The molecule has 13 heteroatoms. The van der Waals surface area contributed by atoms with Gasteiger partial charge in [0.25, 0.3) is 5.91 Å². The Hall–Kier alpha value is -3.76. The molecular weight excluding hydrogens is 540 g/mol. The summed E-state index contributed by atoms with van der Waals surface area (Å²) >= 11 is 0. The fourth-order valence-electron chi connectivity index (χ4n) is 4.82. The normalized spacial score (nSPS) is 18.4. The maximum atomic E-state index is 14.1. The number of carbonyl (C=O) groups excluding carboxylic acids is 1. The number of nitriles is 1. The number of benzene rings is 2. The Morgan fingerprint density at radius 3 is 2.37 bits per heavy atom. The van der Waals surface area contributed by atoms with Gasteiger partial charge < -0.3 is 24.1 Å². The van der Waals surface area contributed by atoms with Crippen molar-refractivity contribution in [1.82, 2.24) is 15.1 Å². The number of ether oxygens (including phenoxy) is 2. The summed E-state index contributed by atoms with van der Waals surface area (Å²) < 4.78 is 65.0. The third kappa shape index (κ3) is 5.22. The Kier molecular flexibility index (Phi) is 6.98. The molecule has 0 unspecified atom stereocenters. The summed E-state index contributed by atoms with van der Waals surface area (Å²) in [5.74, 6) is -1.34. The predicted molar refractivity (Wildman–Crippen MR) is 145 cm³/mol. The van der Waals surface area contributed by atoms with Crippen LogP contribution in [0.4, 0.5) is 13.2 Å². The molecule has 216 valence electrons. The van der Waals surface area contributed by atoms with Crippen LogP contribution in [0.25, 0.3) is 22.2 Å². The fourth-order valence-corrected chi connectivity index (χ4v) is 4.82. The van der Waals surface area contributed by atoms with E-state index in [0.717, 1.165) is 0 Å². The molecule has 0 radical (unpaired) electrons. The van der Waals surface area contributed by atoms with Gasteiger partial charge in [0.1, 0.15) is 22.7 Å². The standard InChI is InChI=1S/C28H30BF3N4O5/c1-26(2)27(3,4)41-29(40-26)17-9-16(13-33)21-18(12-17)35-36(5)23(21)15-10-19(38-6)22(20(11-15)39-25(30)31)24(37)34-14-28(32)7-8-28/h9-12,25H,7-8,14H2,1-6H3,(H,34,37). The van der Waals surface area contributed by atoms with Gasteiger partial charge in [-0.25, -0.2) is 4.39 Å². The van der Waals surface area contributed by atoms with Crippen molar-refractivity contribution in [2.24, 2.45) is 7.05 Å². The monoisotopic (exact) mass is 570 g/mol. The number of alkyl halides is 3. The SMILES string of the molecule is COc1cc(-c2c3c(C#N)cc(B4OC(C)(C)C(C)(C)O4)cc3nn2C)cc(OC(F)F)c1C(=O)NCC1(F)CC1. The molecule has 1 saturated heterocycles. The molecule has 1 aliphatic carbocycles. The molecule has 1 aromatic heterocycles. The van der Waals surface area contributed by atoms with E-state index in [-0.39, 0.29) is 23.4 Å². The van der Waals surface area contributed by atoms with E-state index in [2.05, 4.69) is 16.5 Å². The van der Waals surface area contributed by atoms with Crippen LogP contribution in [0.15, 0.2) is 24.3 Å². The number of carbonyl (C=O) groups is 1. The van der Waals surface area contributed by atoms with Crippen LogP contribution in [-0.2, 0) is 16.4 Å². The summed E-state index contributed by atoms with van der Waals surface area (Å²) in [5.41, 5.74) is -0.960. The van der Waals surface area contributed by atoms with Crippen LogP contribution in [-0.4, -0.2) is 59.9 Å². The maximum Gasteiger partial charge on any atom is 0.494 e. The minimum Gasteiger partial charge on any atom is -0.496 e. The molecule has 0 spiro atoms. The first-order valence-electron chi connectivity index (χ1n) is 13.1. The Morgan fingerprint density at radius 1 is 1.17 bits per heavy atom. The smallest absolute Gasteiger partial charge is 0.494 e. The van der Waals surface area contributed by atoms with Gasteiger partial charge in [0.2, 0.25) is 0 Å². The first-order chi connectivity index (χ1) is 19.2. The molecule has 2 aliphatic rings. The molecular formula is C28H30BF3N4O5. The highest BCUT2D eigenvalue weighted by molar-refractivity contribution is 6.62. The van der Waals surface area contributed by atoms with Crippen LogP contribution < -0.4 is 20.3 Å². The molecule has 1 saturated carbocycles. The lowest BCUT2D eigenvalue weighted by Crippen LogP contribution is -2.41. The maximum absolute atomic E-state index is 14.1. The van der Waals surface area contributed by atoms with Crippen molar-refractivity contribution in [2.45, 2.75) is 64.0 Å². The molecule has 1 aliphatic heterocycles. The number of hydrogen-bond donors (Lipinski definition) is 1. The second-order valence-electron chi connectivity index (χ2n) is 11.4. The lowest BCUT2D eigenvalue weighted by molar-refractivity contribution is -0.0502. The molecule has 3 aromatic rings. The van der Waals surface area contributed by atoms with E-state index in [9.17, 15) is 23.2 Å². The van der Waals surface area contributed by atoms with Gasteiger partial charge in [-0.3, -0.25) is 9.48 Å². The summed E-state index contributed by atoms with van der Waals surface area (Å²) in [6.07, 6.45) is 0.629. The number of halogens is 3. The predicted octanol–water partition coefficient (Wildman–Crippen LogP) is 4.25. The van der Waals surface area contributed by atoms with E-state index in [0.29, 0.717) is 40.5 Å². The van der Waals surface area contributed by atoms with Gasteiger partial charge in [-0.15, -0.1) is 0 Å². The van der Waals surface area contributed by atoms with Crippen LogP contribution in [0.5, 0.6) is 11.5 Å². The number of fused-ring (bicyclic) bond motifs is 1. The average Bonchev–Trinajstić information content (AvgIpc) is 3.46. The van der Waals surface area contributed by atoms with Crippen molar-refractivity contribution >= 4 is 29.4 Å². The van der Waals surface area contributed by atoms with Gasteiger partial charge in [0, 0.05) is 18.0 Å². The van der Waals surface area contributed by atoms with Crippen molar-refractivity contribution in [3.63, 3.8) is 0 Å². The van der Waals surface area contributed by atoms with Gasteiger partial charge in [-0.05, 0) is 70.3 Å². The zero-order chi connectivity index (χ0) is 29.9. The van der Waals surface area contributed by atoms with E-state index >= 15 is 0 Å². The van der Waals surface area contributed by atoms with Crippen LogP contribution in [0, 0.1) is 11.3 Å². The lowest BCUT2D eigenvalue weighted by atomic mass is 9.77. The molecule has 2 heterocycles. The Bertz CT molecular complexity index is 1560. The fraction of sp³-hybridized carbons (Fsp3) is 0.464. The Labute approximate surface area is 235 Å². The molecule has 9 nitrogen and oxygen atoms in total. The van der Waals surface area contributed by atoms with Crippen molar-refractivity contribution in [2.75, 3.05) is 13.7 Å². The summed E-state index contributed by atoms with van der Waals surface area (Å²) in [5, 5.41) is 17.6. The van der Waals surface area contributed by atoms with E-state index in [1.54, 1.807) is 19.2 Å². The molecule has 41 heavy (non-hydrogen) atoms. The number of methoxy groups -OCH3 is 1. The highest BCUT2D eigenvalue weighted by atomic mass is 19.3. The first-order valence-corrected chi connectivity index (χ1v) is 13.1. The highest BCUT2D eigenvalue weighted by Gasteiger charge is 2.52. The van der Waals surface area contributed by atoms with Gasteiger partial charge in [0.15, 0.2) is 0 Å². The Balaban J connectivity index is 1.61. The molecule has 0 bridgehead atoms. The number of aryl methyl sites for hydroxylation is 1. The third-order valence-electron chi connectivity index (χ3n) is 7.96. The number of nitrogens with zero attached hydrogens (tertiary/aromatic N) is 3. The van der Waals surface area contributed by atoms with Crippen LogP contribution >= 0.6 is 0 Å². The van der Waals surface area contributed by atoms with Crippen molar-refractivity contribution in [3.05, 3.63) is 35.4 Å². The first kappa shape index (κ1) is 28.8. The van der Waals surface area contributed by atoms with Crippen molar-refractivity contribution in [1.29, 1.82) is 5.26 Å². The largest absolute Gasteiger partial charge is 0.496 e. The second-order valence-corrected chi connectivity index (χ2v) is 11.4. The van der Waals surface area contributed by atoms with Gasteiger partial charge >= 0.3 is 13.7 Å². The van der Waals surface area contributed by atoms with Crippen molar-refractivity contribution < 1.29 is 36.7 Å². The topological polar surface area (TPSA) is 108 Å². The molecule has 2 fully saturated rings. The van der Waals surface area contributed by atoms with Gasteiger partial charge in [-0.1, -0.05) is 0 Å². The third-order valence-corrected chi connectivity index (χ3v) is 7.96. The lowest BCUT2D eigenvalue weighted by Gasteiger charge is -2.32. The molecule has 2 aromatic carbocycles. The van der Waals surface area contributed by atoms with Crippen LogP contribution in [0.1, 0.15) is 56.5 Å². The van der Waals surface area contributed by atoms with Crippen molar-refractivity contribution in [3.8, 4) is 28.8 Å². The van der Waals surface area contributed by atoms with E-state index in [1.165, 1.54) is 23.9 Å². The summed E-state index contributed by atoms with van der Waals surface area (Å²) in [7, 11) is 2.19. The number of hydrogen-bond acceptors (Lipinski definition) is 7. The van der Waals surface area contributed by atoms with Crippen LogP contribution in [0.2, 0.25) is 0 Å². The Morgan fingerprint density at radius 2 is 1.80 bits per heavy atom. The second kappa shape index (κ2) is 9.96. The molecule has 0 atom stereocenters. The summed E-state index contributed by atoms with van der Waals surface area (Å²) in [4.78, 5) is 13.0. The quantitative estimate of drug-likeness (QED) is 0.404. The van der Waals surface area contributed by atoms with Gasteiger partial charge in [-0.2, -0.15) is 19.1 Å². The average molecular weight is 570 g/mol. The minimum absolute atomic E-state index is 0.0685. The number of rotatable bonds is 8. The molecule has 5 rings (SSSR count). The number of amides is 1. The molecule has 1 N–H and O–H groups in total. The number of aromatic nitrogens is 2. The van der Waals surface area contributed by atoms with E-state index in [1.807, 2.05) is 27.7 Å². The van der Waals surface area contributed by atoms with E-state index in [4.69, 9.17) is 18.8 Å². The summed E-state index contributed by atoms with van der Waals surface area (Å²) in [6.45, 7) is 4.19. The minimum atomic E-state index is -3.25. The highest BCUT2D eigenvalue weighted by Crippen LogP contribution is 2.41. The molecule has 1 amide bonds. The zero-order valence-electron chi connectivity index (χ0n) is 23.6.